The van der Waals surface area contributed by atoms with Gasteiger partial charge in [0.2, 0.25) is 10.0 Å². The molecule has 5 heteroatoms. The number of sulfonamides is 1. The minimum atomic E-state index is -3.14. The zero-order chi connectivity index (χ0) is 13.2. The quantitative estimate of drug-likeness (QED) is 0.793. The number of benzene rings is 1. The van der Waals surface area contributed by atoms with E-state index in [0.717, 1.165) is 24.2 Å². The van der Waals surface area contributed by atoms with Gasteiger partial charge in [-0.25, -0.2) is 8.42 Å². The van der Waals surface area contributed by atoms with Crippen LogP contribution in [-0.2, 0) is 16.6 Å². The van der Waals surface area contributed by atoms with Crippen LogP contribution < -0.4 is 4.74 Å². The molecule has 18 heavy (non-hydrogen) atoms. The van der Waals surface area contributed by atoms with Crippen molar-refractivity contribution in [3.05, 3.63) is 29.8 Å². The van der Waals surface area contributed by atoms with Gasteiger partial charge in [0.15, 0.2) is 0 Å². The molecule has 100 valence electrons. The maximum absolute atomic E-state index is 12.1. The molecule has 0 amide bonds. The van der Waals surface area contributed by atoms with Gasteiger partial charge in [0, 0.05) is 18.2 Å². The van der Waals surface area contributed by atoms with Crippen LogP contribution in [0.5, 0.6) is 5.75 Å². The number of rotatable bonds is 6. The second kappa shape index (κ2) is 5.28. The van der Waals surface area contributed by atoms with Crippen LogP contribution in [0.1, 0.15) is 25.3 Å². The number of hydrogen-bond acceptors (Lipinski definition) is 3. The standard InChI is InChI=1S/C13H19NO3S/c1-3-18(15,16)14(12-8-9-12)10-11-6-4-5-7-13(11)17-2/h4-7,12H,3,8-10H2,1-2H3. The van der Waals surface area contributed by atoms with E-state index in [0.29, 0.717) is 6.54 Å². The summed E-state index contributed by atoms with van der Waals surface area (Å²) in [7, 11) is -1.54. The summed E-state index contributed by atoms with van der Waals surface area (Å²) in [5, 5.41) is 0. The molecule has 0 radical (unpaired) electrons. The average Bonchev–Trinajstić information content (AvgIpc) is 3.20. The molecule has 0 atom stereocenters. The zero-order valence-corrected chi connectivity index (χ0v) is 11.6. The van der Waals surface area contributed by atoms with Gasteiger partial charge in [-0.05, 0) is 25.8 Å². The van der Waals surface area contributed by atoms with E-state index in [2.05, 4.69) is 0 Å². The first-order valence-electron chi connectivity index (χ1n) is 6.20. The van der Waals surface area contributed by atoms with Crippen LogP contribution in [0.3, 0.4) is 0 Å². The van der Waals surface area contributed by atoms with Crippen LogP contribution in [0.15, 0.2) is 24.3 Å². The molecule has 0 heterocycles. The molecule has 0 spiro atoms. The average molecular weight is 269 g/mol. The van der Waals surface area contributed by atoms with Crippen molar-refractivity contribution in [2.45, 2.75) is 32.4 Å². The van der Waals surface area contributed by atoms with Crippen molar-refractivity contribution in [2.75, 3.05) is 12.9 Å². The molecule has 0 aromatic heterocycles. The fraction of sp³-hybridized carbons (Fsp3) is 0.538. The Bertz CT molecular complexity index is 509. The highest BCUT2D eigenvalue weighted by atomic mass is 32.2. The Labute approximate surface area is 109 Å². The predicted molar refractivity (Wildman–Crippen MR) is 71.0 cm³/mol. The van der Waals surface area contributed by atoms with E-state index >= 15 is 0 Å². The monoisotopic (exact) mass is 269 g/mol. The smallest absolute Gasteiger partial charge is 0.214 e. The molecule has 1 aromatic carbocycles. The SMILES string of the molecule is CCS(=O)(=O)N(Cc1ccccc1OC)C1CC1. The summed E-state index contributed by atoms with van der Waals surface area (Å²) >= 11 is 0. The van der Waals surface area contributed by atoms with Crippen LogP contribution in [-0.4, -0.2) is 31.6 Å². The van der Waals surface area contributed by atoms with Crippen molar-refractivity contribution in [1.29, 1.82) is 0 Å². The fourth-order valence-corrected chi connectivity index (χ4v) is 3.32. The Morgan fingerprint density at radius 3 is 2.56 bits per heavy atom. The van der Waals surface area contributed by atoms with Crippen LogP contribution in [0, 0.1) is 0 Å². The Morgan fingerprint density at radius 2 is 2.00 bits per heavy atom. The molecule has 1 saturated carbocycles. The third-order valence-corrected chi connectivity index (χ3v) is 5.07. The molecule has 0 saturated heterocycles. The minimum absolute atomic E-state index is 0.151. The van der Waals surface area contributed by atoms with Gasteiger partial charge in [0.1, 0.15) is 5.75 Å². The number of ether oxygens (including phenoxy) is 1. The van der Waals surface area contributed by atoms with Crippen LogP contribution in [0.25, 0.3) is 0 Å². The van der Waals surface area contributed by atoms with E-state index in [-0.39, 0.29) is 11.8 Å². The van der Waals surface area contributed by atoms with E-state index in [1.54, 1.807) is 18.3 Å². The lowest BCUT2D eigenvalue weighted by Crippen LogP contribution is -2.33. The summed E-state index contributed by atoms with van der Waals surface area (Å²) in [5.74, 6) is 0.896. The van der Waals surface area contributed by atoms with E-state index in [4.69, 9.17) is 4.74 Å². The second-order valence-corrected chi connectivity index (χ2v) is 6.70. The lowest BCUT2D eigenvalue weighted by Gasteiger charge is -2.22. The first kappa shape index (κ1) is 13.4. The normalized spacial score (nSPS) is 15.9. The summed E-state index contributed by atoms with van der Waals surface area (Å²) in [6.45, 7) is 2.10. The molecule has 0 N–H and O–H groups in total. The summed E-state index contributed by atoms with van der Waals surface area (Å²) in [5.41, 5.74) is 0.920. The molecule has 0 aliphatic heterocycles. The molecule has 0 unspecified atom stereocenters. The lowest BCUT2D eigenvalue weighted by molar-refractivity contribution is 0.375. The second-order valence-electron chi connectivity index (χ2n) is 4.49. The van der Waals surface area contributed by atoms with Crippen molar-refractivity contribution in [2.24, 2.45) is 0 Å². The Morgan fingerprint density at radius 1 is 1.33 bits per heavy atom. The summed E-state index contributed by atoms with van der Waals surface area (Å²) in [6, 6.07) is 7.75. The molecule has 1 fully saturated rings. The third kappa shape index (κ3) is 2.84. The molecular formula is C13H19NO3S. The van der Waals surface area contributed by atoms with Gasteiger partial charge in [-0.2, -0.15) is 4.31 Å². The highest BCUT2D eigenvalue weighted by Crippen LogP contribution is 2.32. The molecule has 4 nitrogen and oxygen atoms in total. The molecule has 1 aromatic rings. The van der Waals surface area contributed by atoms with E-state index < -0.39 is 10.0 Å². The largest absolute Gasteiger partial charge is 0.496 e. The topological polar surface area (TPSA) is 46.6 Å². The van der Waals surface area contributed by atoms with Crippen molar-refractivity contribution in [3.63, 3.8) is 0 Å². The maximum Gasteiger partial charge on any atom is 0.214 e. The summed E-state index contributed by atoms with van der Waals surface area (Å²) in [4.78, 5) is 0. The third-order valence-electron chi connectivity index (χ3n) is 3.19. The van der Waals surface area contributed by atoms with E-state index in [1.807, 2.05) is 24.3 Å². The van der Waals surface area contributed by atoms with E-state index in [1.165, 1.54) is 0 Å². The van der Waals surface area contributed by atoms with E-state index in [9.17, 15) is 8.42 Å². The van der Waals surface area contributed by atoms with Crippen molar-refractivity contribution in [1.82, 2.24) is 4.31 Å². The van der Waals surface area contributed by atoms with Gasteiger partial charge in [0.25, 0.3) is 0 Å². The first-order chi connectivity index (χ1) is 8.58. The lowest BCUT2D eigenvalue weighted by atomic mass is 10.2. The number of methoxy groups -OCH3 is 1. The molecule has 2 rings (SSSR count). The number of hydrogen-bond donors (Lipinski definition) is 0. The van der Waals surface area contributed by atoms with Gasteiger partial charge in [-0.15, -0.1) is 0 Å². The highest BCUT2D eigenvalue weighted by molar-refractivity contribution is 7.89. The Balaban J connectivity index is 2.24. The first-order valence-corrected chi connectivity index (χ1v) is 7.81. The van der Waals surface area contributed by atoms with Crippen LogP contribution in [0.4, 0.5) is 0 Å². The van der Waals surface area contributed by atoms with Gasteiger partial charge in [-0.1, -0.05) is 18.2 Å². The van der Waals surface area contributed by atoms with Crippen molar-refractivity contribution >= 4 is 10.0 Å². The Kier molecular flexibility index (Phi) is 3.92. The van der Waals surface area contributed by atoms with Gasteiger partial charge in [0.05, 0.1) is 12.9 Å². The minimum Gasteiger partial charge on any atom is -0.496 e. The van der Waals surface area contributed by atoms with Gasteiger partial charge < -0.3 is 4.74 Å². The Hall–Kier alpha value is -1.07. The van der Waals surface area contributed by atoms with Crippen molar-refractivity contribution < 1.29 is 13.2 Å². The maximum atomic E-state index is 12.1. The fourth-order valence-electron chi connectivity index (χ4n) is 1.98. The predicted octanol–water partition coefficient (Wildman–Crippen LogP) is 2.01. The molecule has 0 bridgehead atoms. The summed E-state index contributed by atoms with van der Waals surface area (Å²) in [6.07, 6.45) is 1.93. The van der Waals surface area contributed by atoms with Gasteiger partial charge in [-0.3, -0.25) is 0 Å². The molecule has 1 aliphatic carbocycles. The van der Waals surface area contributed by atoms with Crippen LogP contribution >= 0.6 is 0 Å². The molecule has 1 aliphatic rings. The summed E-state index contributed by atoms with van der Waals surface area (Å²) < 4.78 is 31.0. The van der Waals surface area contributed by atoms with Crippen molar-refractivity contribution in [3.8, 4) is 5.75 Å². The molecular weight excluding hydrogens is 250 g/mol. The zero-order valence-electron chi connectivity index (χ0n) is 10.8. The van der Waals surface area contributed by atoms with Gasteiger partial charge >= 0.3 is 0 Å². The number of nitrogens with zero attached hydrogens (tertiary/aromatic N) is 1. The van der Waals surface area contributed by atoms with Crippen LogP contribution in [0.2, 0.25) is 0 Å². The highest BCUT2D eigenvalue weighted by Gasteiger charge is 2.36. The number of para-hydroxylation sites is 1.